The Labute approximate surface area is 131 Å². The number of nitrogens with zero attached hydrogens (tertiary/aromatic N) is 1. The Morgan fingerprint density at radius 1 is 1.05 bits per heavy atom. The molecule has 0 saturated heterocycles. The van der Waals surface area contributed by atoms with E-state index < -0.39 is 0 Å². The molecule has 3 rings (SSSR count). The minimum absolute atomic E-state index is 0.687. The van der Waals surface area contributed by atoms with Crippen LogP contribution in [0.15, 0.2) is 48.8 Å². The van der Waals surface area contributed by atoms with Crippen LogP contribution in [0.3, 0.4) is 0 Å². The second-order valence-corrected chi connectivity index (χ2v) is 5.67. The van der Waals surface area contributed by atoms with Gasteiger partial charge in [0.25, 0.3) is 0 Å². The standard InChI is InChI=1S/C19H22N2O/c1-15-19(21-14-20-15)8-4-5-11-22-13-16-9-10-17-6-2-3-7-18(17)12-16/h2-3,6-7,9-10,12,14H,4-5,8,11,13H2,1H3,(H,20,21). The zero-order valence-corrected chi connectivity index (χ0v) is 13.0. The summed E-state index contributed by atoms with van der Waals surface area (Å²) in [7, 11) is 0. The van der Waals surface area contributed by atoms with E-state index in [0.29, 0.717) is 6.61 Å². The molecule has 3 heteroatoms. The molecule has 114 valence electrons. The van der Waals surface area contributed by atoms with Crippen molar-refractivity contribution < 1.29 is 4.74 Å². The van der Waals surface area contributed by atoms with Gasteiger partial charge < -0.3 is 9.72 Å². The normalized spacial score (nSPS) is 11.1. The third kappa shape index (κ3) is 3.74. The SMILES string of the molecule is Cc1[nH]cnc1CCCCOCc1ccc2ccccc2c1. The first-order valence-corrected chi connectivity index (χ1v) is 7.87. The second-order valence-electron chi connectivity index (χ2n) is 5.67. The number of aromatic nitrogens is 2. The van der Waals surface area contributed by atoms with Crippen LogP contribution in [-0.4, -0.2) is 16.6 Å². The highest BCUT2D eigenvalue weighted by Crippen LogP contribution is 2.16. The fourth-order valence-electron chi connectivity index (χ4n) is 2.65. The lowest BCUT2D eigenvalue weighted by Crippen LogP contribution is -1.97. The van der Waals surface area contributed by atoms with Gasteiger partial charge in [-0.1, -0.05) is 36.4 Å². The highest BCUT2D eigenvalue weighted by atomic mass is 16.5. The lowest BCUT2D eigenvalue weighted by molar-refractivity contribution is 0.117. The monoisotopic (exact) mass is 294 g/mol. The number of hydrogen-bond donors (Lipinski definition) is 1. The Kier molecular flexibility index (Phi) is 4.86. The average molecular weight is 294 g/mol. The summed E-state index contributed by atoms with van der Waals surface area (Å²) in [6.07, 6.45) is 4.97. The van der Waals surface area contributed by atoms with Crippen molar-refractivity contribution in [1.29, 1.82) is 0 Å². The summed E-state index contributed by atoms with van der Waals surface area (Å²) in [5, 5.41) is 2.55. The van der Waals surface area contributed by atoms with Crippen molar-refractivity contribution >= 4 is 10.8 Å². The van der Waals surface area contributed by atoms with Crippen LogP contribution in [-0.2, 0) is 17.8 Å². The van der Waals surface area contributed by atoms with E-state index in [1.807, 2.05) is 0 Å². The van der Waals surface area contributed by atoms with E-state index in [0.717, 1.165) is 25.9 Å². The van der Waals surface area contributed by atoms with E-state index in [2.05, 4.69) is 59.4 Å². The van der Waals surface area contributed by atoms with E-state index >= 15 is 0 Å². The van der Waals surface area contributed by atoms with E-state index in [1.54, 1.807) is 6.33 Å². The number of aromatic amines is 1. The van der Waals surface area contributed by atoms with Crippen LogP contribution in [0.5, 0.6) is 0 Å². The average Bonchev–Trinajstić information content (AvgIpc) is 2.96. The lowest BCUT2D eigenvalue weighted by atomic mass is 10.1. The zero-order chi connectivity index (χ0) is 15.2. The molecule has 0 bridgehead atoms. The van der Waals surface area contributed by atoms with Gasteiger partial charge in [-0.25, -0.2) is 4.98 Å². The van der Waals surface area contributed by atoms with E-state index in [1.165, 1.54) is 27.7 Å². The molecule has 0 saturated carbocycles. The molecular formula is C19H22N2O. The van der Waals surface area contributed by atoms with Crippen molar-refractivity contribution in [3.63, 3.8) is 0 Å². The maximum absolute atomic E-state index is 5.79. The molecule has 0 atom stereocenters. The summed E-state index contributed by atoms with van der Waals surface area (Å²) >= 11 is 0. The molecule has 0 fully saturated rings. The van der Waals surface area contributed by atoms with Crippen LogP contribution in [0.25, 0.3) is 10.8 Å². The molecule has 2 aromatic carbocycles. The Morgan fingerprint density at radius 3 is 2.73 bits per heavy atom. The van der Waals surface area contributed by atoms with Crippen molar-refractivity contribution in [2.75, 3.05) is 6.61 Å². The molecule has 3 aromatic rings. The Bertz CT molecular complexity index is 733. The molecule has 3 nitrogen and oxygen atoms in total. The van der Waals surface area contributed by atoms with Gasteiger partial charge in [0.05, 0.1) is 18.6 Å². The third-order valence-corrected chi connectivity index (χ3v) is 3.97. The van der Waals surface area contributed by atoms with Gasteiger partial charge in [0.2, 0.25) is 0 Å². The van der Waals surface area contributed by atoms with Gasteiger partial charge >= 0.3 is 0 Å². The van der Waals surface area contributed by atoms with Crippen molar-refractivity contribution in [3.8, 4) is 0 Å². The Morgan fingerprint density at radius 2 is 1.91 bits per heavy atom. The molecule has 0 aliphatic rings. The van der Waals surface area contributed by atoms with Gasteiger partial charge in [0.1, 0.15) is 0 Å². The van der Waals surface area contributed by atoms with Gasteiger partial charge in [0, 0.05) is 12.3 Å². The summed E-state index contributed by atoms with van der Waals surface area (Å²) in [6.45, 7) is 3.56. The zero-order valence-electron chi connectivity index (χ0n) is 13.0. The number of benzene rings is 2. The maximum atomic E-state index is 5.79. The molecule has 1 aromatic heterocycles. The number of H-pyrrole nitrogens is 1. The molecule has 1 heterocycles. The number of unbranched alkanes of at least 4 members (excludes halogenated alkanes) is 1. The number of hydrogen-bond acceptors (Lipinski definition) is 2. The number of nitrogens with one attached hydrogen (secondary N) is 1. The third-order valence-electron chi connectivity index (χ3n) is 3.97. The molecule has 0 amide bonds. The van der Waals surface area contributed by atoms with Crippen LogP contribution in [0.1, 0.15) is 29.8 Å². The van der Waals surface area contributed by atoms with E-state index in [9.17, 15) is 0 Å². The van der Waals surface area contributed by atoms with Gasteiger partial charge in [-0.05, 0) is 48.6 Å². The van der Waals surface area contributed by atoms with Crippen LogP contribution >= 0.6 is 0 Å². The van der Waals surface area contributed by atoms with Crippen LogP contribution in [0, 0.1) is 6.92 Å². The second kappa shape index (κ2) is 7.23. The van der Waals surface area contributed by atoms with Crippen LogP contribution < -0.4 is 0 Å². The van der Waals surface area contributed by atoms with Crippen LogP contribution in [0.2, 0.25) is 0 Å². The van der Waals surface area contributed by atoms with Gasteiger partial charge in [-0.15, -0.1) is 0 Å². The van der Waals surface area contributed by atoms with Gasteiger partial charge in [-0.2, -0.15) is 0 Å². The summed E-state index contributed by atoms with van der Waals surface area (Å²) < 4.78 is 5.79. The van der Waals surface area contributed by atoms with Crippen molar-refractivity contribution in [3.05, 3.63) is 65.7 Å². The topological polar surface area (TPSA) is 37.9 Å². The number of imidazole rings is 1. The van der Waals surface area contributed by atoms with Gasteiger partial charge in [0.15, 0.2) is 0 Å². The van der Waals surface area contributed by atoms with Crippen LogP contribution in [0.4, 0.5) is 0 Å². The molecule has 0 radical (unpaired) electrons. The molecule has 1 N–H and O–H groups in total. The highest BCUT2D eigenvalue weighted by molar-refractivity contribution is 5.82. The number of aryl methyl sites for hydroxylation is 2. The first-order chi connectivity index (χ1) is 10.8. The molecule has 0 aliphatic carbocycles. The van der Waals surface area contributed by atoms with E-state index in [4.69, 9.17) is 4.74 Å². The molecule has 0 unspecified atom stereocenters. The first kappa shape index (κ1) is 14.8. The quantitative estimate of drug-likeness (QED) is 0.655. The highest BCUT2D eigenvalue weighted by Gasteiger charge is 2.01. The predicted molar refractivity (Wildman–Crippen MR) is 89.9 cm³/mol. The van der Waals surface area contributed by atoms with E-state index in [-0.39, 0.29) is 0 Å². The minimum atomic E-state index is 0.687. The van der Waals surface area contributed by atoms with Gasteiger partial charge in [-0.3, -0.25) is 0 Å². The Hall–Kier alpha value is -2.13. The maximum Gasteiger partial charge on any atom is 0.0925 e. The number of rotatable bonds is 7. The molecule has 22 heavy (non-hydrogen) atoms. The molecule has 0 spiro atoms. The lowest BCUT2D eigenvalue weighted by Gasteiger charge is -2.06. The predicted octanol–water partition coefficient (Wildman–Crippen LogP) is 4.41. The fourth-order valence-corrected chi connectivity index (χ4v) is 2.65. The number of ether oxygens (including phenoxy) is 1. The van der Waals surface area contributed by atoms with Crippen molar-refractivity contribution in [2.45, 2.75) is 32.8 Å². The summed E-state index contributed by atoms with van der Waals surface area (Å²) in [5.41, 5.74) is 3.59. The van der Waals surface area contributed by atoms with Crippen molar-refractivity contribution in [2.24, 2.45) is 0 Å². The molecule has 0 aliphatic heterocycles. The largest absolute Gasteiger partial charge is 0.377 e. The van der Waals surface area contributed by atoms with Crippen molar-refractivity contribution in [1.82, 2.24) is 9.97 Å². The summed E-state index contributed by atoms with van der Waals surface area (Å²) in [5.74, 6) is 0. The first-order valence-electron chi connectivity index (χ1n) is 7.87. The minimum Gasteiger partial charge on any atom is -0.377 e. The molecular weight excluding hydrogens is 272 g/mol. The summed E-state index contributed by atoms with van der Waals surface area (Å²) in [4.78, 5) is 7.43. The number of fused-ring (bicyclic) bond motifs is 1. The Balaban J connectivity index is 1.40. The smallest absolute Gasteiger partial charge is 0.0925 e. The summed E-state index contributed by atoms with van der Waals surface area (Å²) in [6, 6.07) is 14.9. The fraction of sp³-hybridized carbons (Fsp3) is 0.316.